The molecule has 0 heterocycles. The van der Waals surface area contributed by atoms with Gasteiger partial charge >= 0.3 is 0 Å². The van der Waals surface area contributed by atoms with E-state index in [0.717, 1.165) is 19.3 Å². The van der Waals surface area contributed by atoms with Gasteiger partial charge < -0.3 is 5.32 Å². The maximum absolute atomic E-state index is 13.0. The minimum atomic E-state index is -0.430. The molecule has 2 rings (SSSR count). The Labute approximate surface area is 99.2 Å². The van der Waals surface area contributed by atoms with Crippen molar-refractivity contribution < 1.29 is 9.18 Å². The SMILES string of the molecule is N#CC1CCCC1NC(=O)c1cccc(F)c1. The Bertz CT molecular complexity index is 467. The van der Waals surface area contributed by atoms with E-state index < -0.39 is 5.82 Å². The number of nitriles is 1. The third kappa shape index (κ3) is 2.62. The van der Waals surface area contributed by atoms with E-state index in [-0.39, 0.29) is 17.9 Å². The van der Waals surface area contributed by atoms with Gasteiger partial charge in [-0.15, -0.1) is 0 Å². The van der Waals surface area contributed by atoms with Crippen molar-refractivity contribution in [3.05, 3.63) is 35.6 Å². The summed E-state index contributed by atoms with van der Waals surface area (Å²) in [6.07, 6.45) is 2.59. The van der Waals surface area contributed by atoms with Crippen LogP contribution in [0.4, 0.5) is 4.39 Å². The molecule has 4 heteroatoms. The third-order valence-electron chi connectivity index (χ3n) is 3.09. The summed E-state index contributed by atoms with van der Waals surface area (Å²) in [7, 11) is 0. The fourth-order valence-corrected chi connectivity index (χ4v) is 2.17. The van der Waals surface area contributed by atoms with Gasteiger partial charge in [-0.2, -0.15) is 5.26 Å². The molecule has 1 aliphatic carbocycles. The van der Waals surface area contributed by atoms with Crippen LogP contribution in [0.2, 0.25) is 0 Å². The van der Waals surface area contributed by atoms with Gasteiger partial charge in [0.2, 0.25) is 0 Å². The smallest absolute Gasteiger partial charge is 0.251 e. The molecule has 0 saturated heterocycles. The summed E-state index contributed by atoms with van der Waals surface area (Å²) in [5.41, 5.74) is 0.300. The van der Waals surface area contributed by atoms with Gasteiger partial charge in [0, 0.05) is 11.6 Å². The van der Waals surface area contributed by atoms with Gasteiger partial charge in [-0.1, -0.05) is 6.07 Å². The average molecular weight is 232 g/mol. The Morgan fingerprint density at radius 1 is 1.47 bits per heavy atom. The van der Waals surface area contributed by atoms with Crippen LogP contribution < -0.4 is 5.32 Å². The molecular weight excluding hydrogens is 219 g/mol. The van der Waals surface area contributed by atoms with Crippen LogP contribution >= 0.6 is 0 Å². The van der Waals surface area contributed by atoms with Crippen LogP contribution in [-0.2, 0) is 0 Å². The molecule has 1 aliphatic rings. The Balaban J connectivity index is 2.05. The Morgan fingerprint density at radius 2 is 2.29 bits per heavy atom. The van der Waals surface area contributed by atoms with E-state index >= 15 is 0 Å². The highest BCUT2D eigenvalue weighted by Crippen LogP contribution is 2.25. The van der Waals surface area contributed by atoms with Crippen molar-refractivity contribution in [1.82, 2.24) is 5.32 Å². The summed E-state index contributed by atoms with van der Waals surface area (Å²) in [6, 6.07) is 7.65. The molecule has 1 aromatic carbocycles. The highest BCUT2D eigenvalue weighted by molar-refractivity contribution is 5.94. The molecule has 0 bridgehead atoms. The topological polar surface area (TPSA) is 52.9 Å². The van der Waals surface area contributed by atoms with Gasteiger partial charge in [0.05, 0.1) is 12.0 Å². The zero-order valence-corrected chi connectivity index (χ0v) is 9.32. The predicted molar refractivity (Wildman–Crippen MR) is 60.6 cm³/mol. The maximum atomic E-state index is 13.0. The molecule has 2 atom stereocenters. The molecule has 0 aliphatic heterocycles. The lowest BCUT2D eigenvalue weighted by Crippen LogP contribution is -2.36. The Morgan fingerprint density at radius 3 is 3.00 bits per heavy atom. The second kappa shape index (κ2) is 4.96. The van der Waals surface area contributed by atoms with Crippen LogP contribution in [0.5, 0.6) is 0 Å². The molecule has 1 saturated carbocycles. The summed E-state index contributed by atoms with van der Waals surface area (Å²) in [4.78, 5) is 11.8. The summed E-state index contributed by atoms with van der Waals surface area (Å²) >= 11 is 0. The van der Waals surface area contributed by atoms with E-state index in [1.165, 1.54) is 18.2 Å². The van der Waals surface area contributed by atoms with Crippen LogP contribution in [0.1, 0.15) is 29.6 Å². The van der Waals surface area contributed by atoms with Crippen LogP contribution in [0.15, 0.2) is 24.3 Å². The molecule has 0 aromatic heterocycles. The van der Waals surface area contributed by atoms with E-state index in [2.05, 4.69) is 11.4 Å². The summed E-state index contributed by atoms with van der Waals surface area (Å²) in [5, 5.41) is 11.7. The largest absolute Gasteiger partial charge is 0.348 e. The van der Waals surface area contributed by atoms with Gasteiger partial charge in [0.15, 0.2) is 0 Å². The lowest BCUT2D eigenvalue weighted by molar-refractivity contribution is 0.0932. The summed E-state index contributed by atoms with van der Waals surface area (Å²) < 4.78 is 13.0. The molecule has 1 aromatic rings. The van der Waals surface area contributed by atoms with Gasteiger partial charge in [-0.25, -0.2) is 4.39 Å². The van der Waals surface area contributed by atoms with E-state index in [4.69, 9.17) is 5.26 Å². The number of carbonyl (C=O) groups excluding carboxylic acids is 1. The van der Waals surface area contributed by atoms with Gasteiger partial charge in [-0.3, -0.25) is 4.79 Å². The second-order valence-electron chi connectivity index (χ2n) is 4.26. The normalized spacial score (nSPS) is 23.1. The first-order valence-electron chi connectivity index (χ1n) is 5.67. The van der Waals surface area contributed by atoms with Crippen molar-refractivity contribution in [2.75, 3.05) is 0 Å². The molecule has 1 fully saturated rings. The number of hydrogen-bond donors (Lipinski definition) is 1. The van der Waals surface area contributed by atoms with Crippen molar-refractivity contribution in [2.24, 2.45) is 5.92 Å². The van der Waals surface area contributed by atoms with E-state index in [0.29, 0.717) is 5.56 Å². The first-order chi connectivity index (χ1) is 8.20. The summed E-state index contributed by atoms with van der Waals surface area (Å²) in [6.45, 7) is 0. The lowest BCUT2D eigenvalue weighted by Gasteiger charge is -2.15. The number of benzene rings is 1. The van der Waals surface area contributed by atoms with Crippen LogP contribution in [0.25, 0.3) is 0 Å². The van der Waals surface area contributed by atoms with Crippen molar-refractivity contribution in [2.45, 2.75) is 25.3 Å². The number of hydrogen-bond acceptors (Lipinski definition) is 2. The average Bonchev–Trinajstić information content (AvgIpc) is 2.76. The highest BCUT2D eigenvalue weighted by atomic mass is 19.1. The first-order valence-corrected chi connectivity index (χ1v) is 5.67. The van der Waals surface area contributed by atoms with Crippen LogP contribution in [-0.4, -0.2) is 11.9 Å². The number of amides is 1. The van der Waals surface area contributed by atoms with Crippen molar-refractivity contribution in [3.63, 3.8) is 0 Å². The van der Waals surface area contributed by atoms with Gasteiger partial charge in [0.25, 0.3) is 5.91 Å². The standard InChI is InChI=1S/C13H13FN2O/c14-11-5-1-3-9(7-11)13(17)16-12-6-2-4-10(12)8-15/h1,3,5,7,10,12H,2,4,6H2,(H,16,17). The van der Waals surface area contributed by atoms with Crippen LogP contribution in [0.3, 0.4) is 0 Å². The molecule has 2 unspecified atom stereocenters. The number of nitrogens with one attached hydrogen (secondary N) is 1. The molecule has 17 heavy (non-hydrogen) atoms. The predicted octanol–water partition coefficient (Wildman–Crippen LogP) is 2.25. The monoisotopic (exact) mass is 232 g/mol. The highest BCUT2D eigenvalue weighted by Gasteiger charge is 2.28. The minimum Gasteiger partial charge on any atom is -0.348 e. The molecule has 0 spiro atoms. The molecule has 1 amide bonds. The number of nitrogens with zero attached hydrogens (tertiary/aromatic N) is 1. The molecule has 0 radical (unpaired) electrons. The number of rotatable bonds is 2. The Kier molecular flexibility index (Phi) is 3.38. The number of halogens is 1. The van der Waals surface area contributed by atoms with Gasteiger partial charge in [0.1, 0.15) is 5.82 Å². The van der Waals surface area contributed by atoms with Crippen molar-refractivity contribution in [1.29, 1.82) is 5.26 Å². The van der Waals surface area contributed by atoms with Crippen molar-refractivity contribution >= 4 is 5.91 Å². The first kappa shape index (κ1) is 11.6. The van der Waals surface area contributed by atoms with E-state index in [1.807, 2.05) is 0 Å². The zero-order valence-electron chi connectivity index (χ0n) is 9.32. The quantitative estimate of drug-likeness (QED) is 0.850. The van der Waals surface area contributed by atoms with Crippen LogP contribution in [0, 0.1) is 23.1 Å². The van der Waals surface area contributed by atoms with E-state index in [1.54, 1.807) is 6.07 Å². The molecular formula is C13H13FN2O. The van der Waals surface area contributed by atoms with Crippen molar-refractivity contribution in [3.8, 4) is 6.07 Å². The molecule has 88 valence electrons. The summed E-state index contributed by atoms with van der Waals surface area (Å²) in [5.74, 6) is -0.856. The zero-order chi connectivity index (χ0) is 12.3. The molecule has 3 nitrogen and oxygen atoms in total. The maximum Gasteiger partial charge on any atom is 0.251 e. The van der Waals surface area contributed by atoms with E-state index in [9.17, 15) is 9.18 Å². The Hall–Kier alpha value is -1.89. The third-order valence-corrected chi connectivity index (χ3v) is 3.09. The number of carbonyl (C=O) groups is 1. The fourth-order valence-electron chi connectivity index (χ4n) is 2.17. The minimum absolute atomic E-state index is 0.101. The fraction of sp³-hybridized carbons (Fsp3) is 0.385. The lowest BCUT2D eigenvalue weighted by atomic mass is 10.1. The van der Waals surface area contributed by atoms with Gasteiger partial charge in [-0.05, 0) is 37.5 Å². The second-order valence-corrected chi connectivity index (χ2v) is 4.26. The molecule has 1 N–H and O–H groups in total.